The number of nitrogens with one attached hydrogen (secondary N) is 1. The standard InChI is InChI=1S/C10H16N4O6/c1-4(16)12-7-9(19-5(2)17)8(18)6(3-15)20-10(7)13-14-11/h6-10,15,18H,3H2,1-2H3,(H,12,16)/t6?,7?,8-,9?,10-/m1/s1. The van der Waals surface area contributed by atoms with Crippen molar-refractivity contribution in [1.29, 1.82) is 0 Å². The number of esters is 1. The van der Waals surface area contributed by atoms with Gasteiger partial charge in [0.05, 0.1) is 6.61 Å². The molecule has 0 radical (unpaired) electrons. The van der Waals surface area contributed by atoms with Crippen molar-refractivity contribution in [2.24, 2.45) is 5.11 Å². The minimum Gasteiger partial charge on any atom is -0.457 e. The second-order valence-corrected chi connectivity index (χ2v) is 4.24. The van der Waals surface area contributed by atoms with E-state index in [9.17, 15) is 14.7 Å². The van der Waals surface area contributed by atoms with Crippen LogP contribution in [0.15, 0.2) is 5.11 Å². The first kappa shape index (κ1) is 16.2. The molecule has 5 atom stereocenters. The maximum Gasteiger partial charge on any atom is 0.303 e. The third-order valence-corrected chi connectivity index (χ3v) is 2.71. The molecule has 1 heterocycles. The van der Waals surface area contributed by atoms with Crippen LogP contribution in [0.3, 0.4) is 0 Å². The average Bonchev–Trinajstić information content (AvgIpc) is 2.36. The number of aliphatic hydroxyl groups excluding tert-OH is 2. The molecule has 3 N–H and O–H groups in total. The molecule has 1 rings (SSSR count). The quantitative estimate of drug-likeness (QED) is 0.256. The predicted molar refractivity (Wildman–Crippen MR) is 64.1 cm³/mol. The number of nitrogens with zero attached hydrogens (tertiary/aromatic N) is 3. The van der Waals surface area contributed by atoms with Gasteiger partial charge in [0.15, 0.2) is 12.3 Å². The number of azide groups is 1. The largest absolute Gasteiger partial charge is 0.457 e. The zero-order chi connectivity index (χ0) is 15.3. The Bertz CT molecular complexity index is 424. The van der Waals surface area contributed by atoms with Gasteiger partial charge in [-0.15, -0.1) is 0 Å². The smallest absolute Gasteiger partial charge is 0.303 e. The fourth-order valence-electron chi connectivity index (χ4n) is 1.95. The van der Waals surface area contributed by atoms with E-state index >= 15 is 0 Å². The minimum absolute atomic E-state index is 0.483. The maximum absolute atomic E-state index is 11.2. The molecule has 0 aliphatic carbocycles. The number of carbonyl (C=O) groups excluding carboxylic acids is 2. The Kier molecular flexibility index (Phi) is 5.71. The molecule has 10 heteroatoms. The number of hydrogen-bond donors (Lipinski definition) is 3. The van der Waals surface area contributed by atoms with Gasteiger partial charge in [-0.3, -0.25) is 9.59 Å². The molecule has 10 nitrogen and oxygen atoms in total. The molecule has 1 aliphatic heterocycles. The van der Waals surface area contributed by atoms with E-state index in [-0.39, 0.29) is 0 Å². The number of carbonyl (C=O) groups is 2. The summed E-state index contributed by atoms with van der Waals surface area (Å²) >= 11 is 0. The summed E-state index contributed by atoms with van der Waals surface area (Å²) in [4.78, 5) is 24.8. The summed E-state index contributed by atoms with van der Waals surface area (Å²) in [6, 6.07) is -1.05. The second kappa shape index (κ2) is 7.06. The van der Waals surface area contributed by atoms with E-state index in [2.05, 4.69) is 15.3 Å². The summed E-state index contributed by atoms with van der Waals surface area (Å²) in [5.41, 5.74) is 8.50. The highest BCUT2D eigenvalue weighted by atomic mass is 16.6. The fourth-order valence-corrected chi connectivity index (χ4v) is 1.95. The van der Waals surface area contributed by atoms with Crippen LogP contribution in [0.1, 0.15) is 13.8 Å². The Labute approximate surface area is 114 Å². The van der Waals surface area contributed by atoms with Gasteiger partial charge in [0, 0.05) is 18.8 Å². The van der Waals surface area contributed by atoms with Gasteiger partial charge in [-0.1, -0.05) is 5.11 Å². The first-order chi connectivity index (χ1) is 9.40. The summed E-state index contributed by atoms with van der Waals surface area (Å²) in [5.74, 6) is -1.17. The number of aliphatic hydroxyl groups is 2. The summed E-state index contributed by atoms with van der Waals surface area (Å²) < 4.78 is 10.1. The minimum atomic E-state index is -1.37. The van der Waals surface area contributed by atoms with Gasteiger partial charge in [-0.2, -0.15) is 0 Å². The lowest BCUT2D eigenvalue weighted by Crippen LogP contribution is -2.64. The predicted octanol–water partition coefficient (Wildman–Crippen LogP) is -1.19. The Hall–Kier alpha value is -1.87. The van der Waals surface area contributed by atoms with Crippen molar-refractivity contribution in [2.45, 2.75) is 44.4 Å². The molecular formula is C10H16N4O6. The number of amides is 1. The molecule has 1 amide bonds. The molecule has 1 saturated heterocycles. The third-order valence-electron chi connectivity index (χ3n) is 2.71. The Morgan fingerprint density at radius 1 is 1.50 bits per heavy atom. The second-order valence-electron chi connectivity index (χ2n) is 4.24. The van der Waals surface area contributed by atoms with Gasteiger partial charge in [0.2, 0.25) is 5.91 Å². The zero-order valence-corrected chi connectivity index (χ0v) is 11.0. The fraction of sp³-hybridized carbons (Fsp3) is 0.800. The summed E-state index contributed by atoms with van der Waals surface area (Å²) in [7, 11) is 0. The molecule has 1 aliphatic rings. The zero-order valence-electron chi connectivity index (χ0n) is 11.0. The molecule has 0 bridgehead atoms. The van der Waals surface area contributed by atoms with E-state index in [1.165, 1.54) is 6.92 Å². The van der Waals surface area contributed by atoms with Crippen molar-refractivity contribution in [3.05, 3.63) is 10.4 Å². The van der Waals surface area contributed by atoms with E-state index < -0.39 is 49.1 Å². The van der Waals surface area contributed by atoms with E-state index in [0.717, 1.165) is 6.92 Å². The molecule has 112 valence electrons. The van der Waals surface area contributed by atoms with Gasteiger partial charge >= 0.3 is 5.97 Å². The van der Waals surface area contributed by atoms with Gasteiger partial charge < -0.3 is 25.0 Å². The van der Waals surface area contributed by atoms with Crippen molar-refractivity contribution < 1.29 is 29.3 Å². The SMILES string of the molecule is CC(=O)NC1C(OC(C)=O)[C@H](O)C(CO)O[C@H]1N=[N+]=[N-]. The normalized spacial score (nSPS) is 32.9. The van der Waals surface area contributed by atoms with Gasteiger partial charge in [0.1, 0.15) is 18.2 Å². The number of ether oxygens (including phenoxy) is 2. The molecule has 0 aromatic heterocycles. The van der Waals surface area contributed by atoms with E-state index in [1.807, 2.05) is 0 Å². The summed E-state index contributed by atoms with van der Waals surface area (Å²) in [6.45, 7) is 1.77. The Balaban J connectivity index is 3.08. The van der Waals surface area contributed by atoms with Crippen molar-refractivity contribution in [3.63, 3.8) is 0 Å². The molecule has 0 aromatic rings. The average molecular weight is 288 g/mol. The first-order valence-corrected chi connectivity index (χ1v) is 5.83. The van der Waals surface area contributed by atoms with Crippen molar-refractivity contribution in [3.8, 4) is 0 Å². The topological polar surface area (TPSA) is 154 Å². The van der Waals surface area contributed by atoms with Crippen LogP contribution in [-0.4, -0.2) is 59.3 Å². The molecule has 0 spiro atoms. The third kappa shape index (κ3) is 3.81. The highest BCUT2D eigenvalue weighted by Gasteiger charge is 2.47. The van der Waals surface area contributed by atoms with Crippen LogP contribution in [-0.2, 0) is 19.1 Å². The van der Waals surface area contributed by atoms with Crippen LogP contribution in [0.5, 0.6) is 0 Å². The van der Waals surface area contributed by atoms with Crippen molar-refractivity contribution in [2.75, 3.05) is 6.61 Å². The van der Waals surface area contributed by atoms with Crippen LogP contribution in [0.4, 0.5) is 0 Å². The molecule has 0 aromatic carbocycles. The molecule has 0 saturated carbocycles. The highest BCUT2D eigenvalue weighted by molar-refractivity contribution is 5.73. The van der Waals surface area contributed by atoms with Crippen molar-refractivity contribution in [1.82, 2.24) is 5.32 Å². The van der Waals surface area contributed by atoms with Crippen molar-refractivity contribution >= 4 is 11.9 Å². The lowest BCUT2D eigenvalue weighted by Gasteiger charge is -2.42. The van der Waals surface area contributed by atoms with Gasteiger partial charge in [-0.25, -0.2) is 0 Å². The van der Waals surface area contributed by atoms with Gasteiger partial charge in [-0.05, 0) is 5.53 Å². The van der Waals surface area contributed by atoms with Crippen LogP contribution >= 0.6 is 0 Å². The van der Waals surface area contributed by atoms with E-state index in [1.54, 1.807) is 0 Å². The molecule has 20 heavy (non-hydrogen) atoms. The Morgan fingerprint density at radius 2 is 2.15 bits per heavy atom. The lowest BCUT2D eigenvalue weighted by molar-refractivity contribution is -0.208. The lowest BCUT2D eigenvalue weighted by atomic mass is 9.96. The van der Waals surface area contributed by atoms with E-state index in [4.69, 9.17) is 20.1 Å². The Morgan fingerprint density at radius 3 is 2.60 bits per heavy atom. The van der Waals surface area contributed by atoms with Gasteiger partial charge in [0.25, 0.3) is 0 Å². The van der Waals surface area contributed by atoms with Crippen LogP contribution in [0.25, 0.3) is 10.4 Å². The summed E-state index contributed by atoms with van der Waals surface area (Å²) in [6.07, 6.45) is -4.88. The number of rotatable bonds is 4. The maximum atomic E-state index is 11.2. The monoisotopic (exact) mass is 288 g/mol. The first-order valence-electron chi connectivity index (χ1n) is 5.83. The van der Waals surface area contributed by atoms with E-state index in [0.29, 0.717) is 0 Å². The van der Waals surface area contributed by atoms with Crippen LogP contribution in [0, 0.1) is 0 Å². The molecule has 1 fully saturated rings. The highest BCUT2D eigenvalue weighted by Crippen LogP contribution is 2.24. The summed E-state index contributed by atoms with van der Waals surface area (Å²) in [5, 5.41) is 24.9. The molecular weight excluding hydrogens is 272 g/mol. The van der Waals surface area contributed by atoms with Crippen LogP contribution in [0.2, 0.25) is 0 Å². The van der Waals surface area contributed by atoms with Crippen LogP contribution < -0.4 is 5.32 Å². The molecule has 3 unspecified atom stereocenters. The number of hydrogen-bond acceptors (Lipinski definition) is 7.